The van der Waals surface area contributed by atoms with E-state index in [1.54, 1.807) is 12.1 Å². The predicted octanol–water partition coefficient (Wildman–Crippen LogP) is 5.42. The number of rotatable bonds is 3. The molecule has 3 rings (SSSR count). The summed E-state index contributed by atoms with van der Waals surface area (Å²) >= 11 is 5.90. The Morgan fingerprint density at radius 1 is 1.04 bits per heavy atom. The molecule has 25 heavy (non-hydrogen) atoms. The number of carbonyl (C=O) groups is 1. The van der Waals surface area contributed by atoms with E-state index in [9.17, 15) is 18.0 Å². The lowest BCUT2D eigenvalue weighted by molar-refractivity contribution is -0.137. The number of halogens is 4. The van der Waals surface area contributed by atoms with Crippen LogP contribution in [0.1, 0.15) is 46.7 Å². The fourth-order valence-electron chi connectivity index (χ4n) is 3.42. The minimum atomic E-state index is -4.56. The number of hydrogen-bond donors (Lipinski definition) is 1. The van der Waals surface area contributed by atoms with Crippen molar-refractivity contribution >= 4 is 17.5 Å². The molecule has 2 atom stereocenters. The van der Waals surface area contributed by atoms with Gasteiger partial charge in [-0.1, -0.05) is 42.3 Å². The molecule has 132 valence electrons. The van der Waals surface area contributed by atoms with Crippen molar-refractivity contribution in [3.05, 3.63) is 70.2 Å². The van der Waals surface area contributed by atoms with Gasteiger partial charge in [0.25, 0.3) is 5.91 Å². The zero-order valence-electron chi connectivity index (χ0n) is 13.3. The van der Waals surface area contributed by atoms with Crippen molar-refractivity contribution in [1.82, 2.24) is 5.32 Å². The normalized spacial score (nSPS) is 20.5. The van der Waals surface area contributed by atoms with Crippen LogP contribution in [0.5, 0.6) is 0 Å². The molecule has 0 saturated heterocycles. The molecule has 1 amide bonds. The third-order valence-corrected chi connectivity index (χ3v) is 4.86. The first-order valence-electron chi connectivity index (χ1n) is 8.09. The van der Waals surface area contributed by atoms with E-state index >= 15 is 0 Å². The Morgan fingerprint density at radius 2 is 1.72 bits per heavy atom. The number of hydrogen-bond acceptors (Lipinski definition) is 1. The minimum absolute atomic E-state index is 0.0827. The van der Waals surface area contributed by atoms with E-state index in [0.29, 0.717) is 5.02 Å². The van der Waals surface area contributed by atoms with Gasteiger partial charge in [-0.2, -0.15) is 13.2 Å². The van der Waals surface area contributed by atoms with E-state index in [2.05, 4.69) is 5.32 Å². The summed E-state index contributed by atoms with van der Waals surface area (Å²) in [5.74, 6) is -0.599. The summed E-state index contributed by atoms with van der Waals surface area (Å²) in [5, 5.41) is 3.43. The molecular formula is C19H17ClF3NO. The van der Waals surface area contributed by atoms with Crippen LogP contribution in [0.25, 0.3) is 0 Å². The topological polar surface area (TPSA) is 29.1 Å². The average Bonchev–Trinajstić information content (AvgIpc) is 3.03. The highest BCUT2D eigenvalue weighted by Gasteiger charge is 2.36. The lowest BCUT2D eigenvalue weighted by atomic mass is 9.93. The van der Waals surface area contributed by atoms with Gasteiger partial charge >= 0.3 is 6.18 Å². The van der Waals surface area contributed by atoms with E-state index in [4.69, 9.17) is 11.6 Å². The Balaban J connectivity index is 1.80. The van der Waals surface area contributed by atoms with Crippen molar-refractivity contribution in [2.45, 2.75) is 37.4 Å². The molecular weight excluding hydrogens is 351 g/mol. The number of alkyl halides is 3. The van der Waals surface area contributed by atoms with Crippen LogP contribution in [0.2, 0.25) is 5.02 Å². The number of amides is 1. The molecule has 2 aromatic rings. The highest BCUT2D eigenvalue weighted by Crippen LogP contribution is 2.36. The fourth-order valence-corrected chi connectivity index (χ4v) is 3.54. The quantitative estimate of drug-likeness (QED) is 0.770. The van der Waals surface area contributed by atoms with E-state index < -0.39 is 17.6 Å². The molecule has 0 aliphatic heterocycles. The molecule has 0 bridgehead atoms. The van der Waals surface area contributed by atoms with Gasteiger partial charge in [0, 0.05) is 17.0 Å². The van der Waals surface area contributed by atoms with E-state index in [-0.39, 0.29) is 17.5 Å². The average molecular weight is 368 g/mol. The second kappa shape index (κ2) is 7.08. The summed E-state index contributed by atoms with van der Waals surface area (Å²) in [5.41, 5.74) is -0.207. The zero-order valence-corrected chi connectivity index (χ0v) is 14.1. The maximum atomic E-state index is 13.1. The Hall–Kier alpha value is -2.01. The van der Waals surface area contributed by atoms with Gasteiger partial charge in [0.2, 0.25) is 0 Å². The molecule has 6 heteroatoms. The van der Waals surface area contributed by atoms with Crippen molar-refractivity contribution in [1.29, 1.82) is 0 Å². The van der Waals surface area contributed by atoms with Crippen molar-refractivity contribution < 1.29 is 18.0 Å². The van der Waals surface area contributed by atoms with Crippen LogP contribution < -0.4 is 5.32 Å². The predicted molar refractivity (Wildman–Crippen MR) is 90.7 cm³/mol. The Bertz CT molecular complexity index is 758. The van der Waals surface area contributed by atoms with Crippen molar-refractivity contribution in [2.24, 2.45) is 0 Å². The van der Waals surface area contributed by atoms with Crippen LogP contribution in [-0.4, -0.2) is 11.9 Å². The SMILES string of the molecule is O=C(N[C@H]1CCC[C@H]1c1ccc(Cl)cc1)c1ccccc1C(F)(F)F. The number of carbonyl (C=O) groups excluding carboxylic acids is 1. The van der Waals surface area contributed by atoms with E-state index in [0.717, 1.165) is 30.9 Å². The van der Waals surface area contributed by atoms with Gasteiger partial charge in [-0.05, 0) is 42.7 Å². The number of nitrogens with one attached hydrogen (secondary N) is 1. The molecule has 1 aliphatic rings. The molecule has 0 spiro atoms. The highest BCUT2D eigenvalue weighted by atomic mass is 35.5. The van der Waals surface area contributed by atoms with Crippen LogP contribution in [0, 0.1) is 0 Å². The second-order valence-corrected chi connectivity index (χ2v) is 6.65. The minimum Gasteiger partial charge on any atom is -0.349 e. The third-order valence-electron chi connectivity index (χ3n) is 4.61. The van der Waals surface area contributed by atoms with Crippen molar-refractivity contribution in [3.63, 3.8) is 0 Å². The van der Waals surface area contributed by atoms with E-state index in [1.165, 1.54) is 18.2 Å². The first-order chi connectivity index (χ1) is 11.9. The number of benzene rings is 2. The summed E-state index contributed by atoms with van der Waals surface area (Å²) in [6.07, 6.45) is -2.01. The maximum Gasteiger partial charge on any atom is 0.417 e. The third kappa shape index (κ3) is 3.98. The van der Waals surface area contributed by atoms with Crippen molar-refractivity contribution in [3.8, 4) is 0 Å². The largest absolute Gasteiger partial charge is 0.417 e. The summed E-state index contributed by atoms with van der Waals surface area (Å²) in [4.78, 5) is 12.5. The summed E-state index contributed by atoms with van der Waals surface area (Å²) in [7, 11) is 0. The molecule has 0 radical (unpaired) electrons. The fraction of sp³-hybridized carbons (Fsp3) is 0.316. The van der Waals surface area contributed by atoms with E-state index in [1.807, 2.05) is 12.1 Å². The molecule has 2 aromatic carbocycles. The van der Waals surface area contributed by atoms with Crippen LogP contribution in [-0.2, 0) is 6.18 Å². The lowest BCUT2D eigenvalue weighted by Crippen LogP contribution is -2.37. The Labute approximate surface area is 149 Å². The van der Waals surface area contributed by atoms with Crippen LogP contribution >= 0.6 is 11.6 Å². The highest BCUT2D eigenvalue weighted by molar-refractivity contribution is 6.30. The molecule has 0 heterocycles. The van der Waals surface area contributed by atoms with Crippen LogP contribution in [0.15, 0.2) is 48.5 Å². The standard InChI is InChI=1S/C19H17ClF3NO/c20-13-10-8-12(9-11-13)14-5-3-7-17(14)24-18(25)15-4-1-2-6-16(15)19(21,22)23/h1-2,4,6,8-11,14,17H,3,5,7H2,(H,24,25)/t14-,17-/m0/s1. The smallest absolute Gasteiger partial charge is 0.349 e. The molecule has 1 fully saturated rings. The summed E-state index contributed by atoms with van der Waals surface area (Å²) in [6, 6.07) is 12.1. The maximum absolute atomic E-state index is 13.1. The summed E-state index contributed by atoms with van der Waals surface area (Å²) < 4.78 is 39.3. The van der Waals surface area contributed by atoms with Gasteiger partial charge in [0.15, 0.2) is 0 Å². The van der Waals surface area contributed by atoms with Gasteiger partial charge in [-0.25, -0.2) is 0 Å². The molecule has 1 aliphatic carbocycles. The Kier molecular flexibility index (Phi) is 5.04. The van der Waals surface area contributed by atoms with Crippen LogP contribution in [0.3, 0.4) is 0 Å². The molecule has 1 N–H and O–H groups in total. The van der Waals surface area contributed by atoms with Crippen LogP contribution in [0.4, 0.5) is 13.2 Å². The monoisotopic (exact) mass is 367 g/mol. The molecule has 0 aromatic heterocycles. The Morgan fingerprint density at radius 3 is 2.40 bits per heavy atom. The lowest BCUT2D eigenvalue weighted by Gasteiger charge is -2.22. The van der Waals surface area contributed by atoms with Crippen molar-refractivity contribution in [2.75, 3.05) is 0 Å². The van der Waals surface area contributed by atoms with Gasteiger partial charge in [0.05, 0.1) is 11.1 Å². The second-order valence-electron chi connectivity index (χ2n) is 6.21. The van der Waals surface area contributed by atoms with Gasteiger partial charge in [0.1, 0.15) is 0 Å². The molecule has 2 nitrogen and oxygen atoms in total. The first-order valence-corrected chi connectivity index (χ1v) is 8.46. The van der Waals surface area contributed by atoms with Gasteiger partial charge in [-0.15, -0.1) is 0 Å². The summed E-state index contributed by atoms with van der Waals surface area (Å²) in [6.45, 7) is 0. The van der Waals surface area contributed by atoms with Gasteiger partial charge in [-0.3, -0.25) is 4.79 Å². The molecule has 0 unspecified atom stereocenters. The molecule has 1 saturated carbocycles. The zero-order chi connectivity index (χ0) is 18.0. The van der Waals surface area contributed by atoms with Gasteiger partial charge < -0.3 is 5.32 Å². The first kappa shape index (κ1) is 17.8.